The van der Waals surface area contributed by atoms with E-state index >= 15 is 0 Å². The minimum atomic E-state index is 0.0136. The SMILES string of the molecule is O=C(Cc1ccsc1)N1[C@@H]2CC[C@H]1Cc1nn(CC3CC3)c(=O)n1C2. The predicted molar refractivity (Wildman–Crippen MR) is 94.6 cm³/mol. The van der Waals surface area contributed by atoms with Crippen LogP contribution in [0.2, 0.25) is 0 Å². The van der Waals surface area contributed by atoms with Crippen molar-refractivity contribution in [2.45, 2.75) is 63.7 Å². The fourth-order valence-corrected chi connectivity index (χ4v) is 4.98. The summed E-state index contributed by atoms with van der Waals surface area (Å²) < 4.78 is 3.49. The molecule has 2 aromatic rings. The second kappa shape index (κ2) is 5.83. The van der Waals surface area contributed by atoms with Crippen molar-refractivity contribution in [1.82, 2.24) is 19.2 Å². The summed E-state index contributed by atoms with van der Waals surface area (Å²) >= 11 is 1.63. The number of nitrogens with zero attached hydrogens (tertiary/aromatic N) is 4. The average molecular weight is 358 g/mol. The number of fused-ring (bicyclic) bond motifs is 3. The van der Waals surface area contributed by atoms with Gasteiger partial charge in [0.1, 0.15) is 5.82 Å². The molecular formula is C18H22N4O2S. The van der Waals surface area contributed by atoms with Crippen molar-refractivity contribution < 1.29 is 4.79 Å². The van der Waals surface area contributed by atoms with E-state index in [4.69, 9.17) is 0 Å². The normalized spacial score (nSPS) is 25.0. The lowest BCUT2D eigenvalue weighted by molar-refractivity contribution is -0.133. The summed E-state index contributed by atoms with van der Waals surface area (Å²) in [6.45, 7) is 1.36. The zero-order valence-corrected chi connectivity index (χ0v) is 15.0. The van der Waals surface area contributed by atoms with E-state index in [0.717, 1.165) is 30.8 Å². The number of carbonyl (C=O) groups excluding carboxylic acids is 1. The van der Waals surface area contributed by atoms with Crippen molar-refractivity contribution in [3.63, 3.8) is 0 Å². The van der Waals surface area contributed by atoms with Crippen LogP contribution in [0.15, 0.2) is 21.6 Å². The molecule has 2 fully saturated rings. The van der Waals surface area contributed by atoms with Crippen molar-refractivity contribution in [2.75, 3.05) is 0 Å². The van der Waals surface area contributed by atoms with Gasteiger partial charge in [-0.05, 0) is 54.0 Å². The zero-order valence-electron chi connectivity index (χ0n) is 14.1. The Bertz CT molecular complexity index is 849. The fourth-order valence-electron chi connectivity index (χ4n) is 4.31. The van der Waals surface area contributed by atoms with Gasteiger partial charge >= 0.3 is 5.69 Å². The maximum atomic E-state index is 12.9. The van der Waals surface area contributed by atoms with Crippen LogP contribution in [-0.4, -0.2) is 37.2 Å². The topological polar surface area (TPSA) is 60.1 Å². The van der Waals surface area contributed by atoms with Gasteiger partial charge in [-0.25, -0.2) is 9.48 Å². The van der Waals surface area contributed by atoms with Crippen LogP contribution in [0, 0.1) is 5.92 Å². The molecular weight excluding hydrogens is 336 g/mol. The van der Waals surface area contributed by atoms with E-state index in [2.05, 4.69) is 10.00 Å². The van der Waals surface area contributed by atoms with E-state index in [1.807, 2.05) is 21.4 Å². The molecule has 25 heavy (non-hydrogen) atoms. The van der Waals surface area contributed by atoms with Gasteiger partial charge in [-0.2, -0.15) is 16.4 Å². The predicted octanol–water partition coefficient (Wildman–Crippen LogP) is 1.67. The first-order chi connectivity index (χ1) is 12.2. The van der Waals surface area contributed by atoms with Gasteiger partial charge in [-0.1, -0.05) is 0 Å². The molecule has 0 radical (unpaired) electrons. The van der Waals surface area contributed by atoms with Gasteiger partial charge < -0.3 is 4.90 Å². The molecule has 2 aromatic heterocycles. The van der Waals surface area contributed by atoms with E-state index in [-0.39, 0.29) is 23.7 Å². The molecule has 7 heteroatoms. The highest BCUT2D eigenvalue weighted by atomic mass is 32.1. The maximum Gasteiger partial charge on any atom is 0.345 e. The fraction of sp³-hybridized carbons (Fsp3) is 0.611. The number of carbonyl (C=O) groups is 1. The van der Waals surface area contributed by atoms with Gasteiger partial charge in [0.25, 0.3) is 0 Å². The molecule has 0 aromatic carbocycles. The van der Waals surface area contributed by atoms with Gasteiger partial charge in [0.05, 0.1) is 12.5 Å². The lowest BCUT2D eigenvalue weighted by Crippen LogP contribution is -2.43. The molecule has 1 saturated heterocycles. The zero-order chi connectivity index (χ0) is 17.0. The number of aromatic nitrogens is 3. The molecule has 2 aliphatic heterocycles. The van der Waals surface area contributed by atoms with Gasteiger partial charge in [-0.15, -0.1) is 0 Å². The summed E-state index contributed by atoms with van der Waals surface area (Å²) in [7, 11) is 0. The number of hydrogen-bond donors (Lipinski definition) is 0. The van der Waals surface area contributed by atoms with E-state index in [1.165, 1.54) is 12.8 Å². The number of hydrogen-bond acceptors (Lipinski definition) is 4. The number of amides is 1. The largest absolute Gasteiger partial charge is 0.345 e. The monoisotopic (exact) mass is 358 g/mol. The van der Waals surface area contributed by atoms with Gasteiger partial charge in [0, 0.05) is 25.6 Å². The highest BCUT2D eigenvalue weighted by molar-refractivity contribution is 7.08. The van der Waals surface area contributed by atoms with Crippen LogP contribution in [0.3, 0.4) is 0 Å². The first-order valence-corrected chi connectivity index (χ1v) is 10.1. The molecule has 1 amide bonds. The van der Waals surface area contributed by atoms with Crippen molar-refractivity contribution in [3.8, 4) is 0 Å². The van der Waals surface area contributed by atoms with Gasteiger partial charge in [0.2, 0.25) is 5.91 Å². The Morgan fingerprint density at radius 3 is 2.84 bits per heavy atom. The van der Waals surface area contributed by atoms with Crippen LogP contribution in [0.5, 0.6) is 0 Å². The first-order valence-electron chi connectivity index (χ1n) is 9.18. The Morgan fingerprint density at radius 2 is 2.08 bits per heavy atom. The summed E-state index contributed by atoms with van der Waals surface area (Å²) in [5.41, 5.74) is 1.10. The highest BCUT2D eigenvalue weighted by Crippen LogP contribution is 2.32. The second-order valence-electron chi connectivity index (χ2n) is 7.63. The third-order valence-electron chi connectivity index (χ3n) is 5.78. The molecule has 1 aliphatic carbocycles. The molecule has 0 spiro atoms. The molecule has 2 atom stereocenters. The molecule has 5 rings (SSSR count). The molecule has 2 bridgehead atoms. The lowest BCUT2D eigenvalue weighted by atomic mass is 10.1. The summed E-state index contributed by atoms with van der Waals surface area (Å²) in [4.78, 5) is 27.6. The van der Waals surface area contributed by atoms with Gasteiger partial charge in [0.15, 0.2) is 0 Å². The number of rotatable bonds is 4. The van der Waals surface area contributed by atoms with E-state index in [1.54, 1.807) is 16.0 Å². The molecule has 4 heterocycles. The minimum Gasteiger partial charge on any atom is -0.334 e. The van der Waals surface area contributed by atoms with Crippen molar-refractivity contribution >= 4 is 17.2 Å². The summed E-state index contributed by atoms with van der Waals surface area (Å²) in [5.74, 6) is 1.69. The Labute approximate surface area is 150 Å². The minimum absolute atomic E-state index is 0.0136. The molecule has 0 unspecified atom stereocenters. The van der Waals surface area contributed by atoms with Gasteiger partial charge in [-0.3, -0.25) is 9.36 Å². The van der Waals surface area contributed by atoms with Crippen LogP contribution >= 0.6 is 11.3 Å². The van der Waals surface area contributed by atoms with Crippen LogP contribution < -0.4 is 5.69 Å². The Balaban J connectivity index is 1.39. The van der Waals surface area contributed by atoms with Crippen LogP contribution in [0.25, 0.3) is 0 Å². The van der Waals surface area contributed by atoms with Crippen LogP contribution in [0.4, 0.5) is 0 Å². The highest BCUT2D eigenvalue weighted by Gasteiger charge is 2.41. The standard InChI is InChI=1S/C18H22N4O2S/c23-17(7-13-5-6-25-11-13)22-14-3-4-15(22)10-20-16(8-14)19-21(18(20)24)9-12-1-2-12/h5-6,11-12,14-15H,1-4,7-10H2/t14-,15+/m0/s1. The van der Waals surface area contributed by atoms with Crippen molar-refractivity contribution in [3.05, 3.63) is 38.7 Å². The summed E-state index contributed by atoms with van der Waals surface area (Å²) in [6.07, 6.45) is 5.60. The second-order valence-corrected chi connectivity index (χ2v) is 8.41. The van der Waals surface area contributed by atoms with E-state index < -0.39 is 0 Å². The molecule has 6 nitrogen and oxygen atoms in total. The molecule has 3 aliphatic rings. The summed E-state index contributed by atoms with van der Waals surface area (Å²) in [5, 5.41) is 8.66. The Morgan fingerprint density at radius 1 is 1.24 bits per heavy atom. The van der Waals surface area contributed by atoms with Crippen LogP contribution in [-0.2, 0) is 30.7 Å². The van der Waals surface area contributed by atoms with Crippen LogP contribution in [0.1, 0.15) is 37.1 Å². The van der Waals surface area contributed by atoms with Crippen molar-refractivity contribution in [1.29, 1.82) is 0 Å². The van der Waals surface area contributed by atoms with Crippen molar-refractivity contribution in [2.24, 2.45) is 5.92 Å². The third kappa shape index (κ3) is 2.74. The Kier molecular flexibility index (Phi) is 3.58. The summed E-state index contributed by atoms with van der Waals surface area (Å²) in [6, 6.07) is 2.34. The number of thiophene rings is 1. The first kappa shape index (κ1) is 15.4. The lowest BCUT2D eigenvalue weighted by Gasteiger charge is -2.28. The van der Waals surface area contributed by atoms with E-state index in [0.29, 0.717) is 25.3 Å². The average Bonchev–Trinajstić information content (AvgIpc) is 3.01. The van der Waals surface area contributed by atoms with E-state index in [9.17, 15) is 9.59 Å². The third-order valence-corrected chi connectivity index (χ3v) is 6.51. The smallest absolute Gasteiger partial charge is 0.334 e. The quantitative estimate of drug-likeness (QED) is 0.835. The molecule has 0 N–H and O–H groups in total. The Hall–Kier alpha value is -1.89. The maximum absolute atomic E-state index is 12.9. The molecule has 1 saturated carbocycles. The molecule has 132 valence electrons.